The van der Waals surface area contributed by atoms with Crippen LogP contribution in [-0.4, -0.2) is 47.7 Å². The first-order chi connectivity index (χ1) is 11.1. The van der Waals surface area contributed by atoms with Crippen molar-refractivity contribution < 1.29 is 24.1 Å². The van der Waals surface area contributed by atoms with Crippen molar-refractivity contribution in [3.05, 3.63) is 0 Å². The highest BCUT2D eigenvalue weighted by Crippen LogP contribution is 2.29. The Balaban J connectivity index is 0.000000240. The van der Waals surface area contributed by atoms with Crippen LogP contribution in [0, 0.1) is 0 Å². The Hall–Kier alpha value is -0.200. The molecule has 1 N–H and O–H groups in total. The van der Waals surface area contributed by atoms with Gasteiger partial charge in [-0.15, -0.1) is 0 Å². The van der Waals surface area contributed by atoms with E-state index in [1.54, 1.807) is 0 Å². The molecule has 2 aliphatic heterocycles. The van der Waals surface area contributed by atoms with Gasteiger partial charge in [-0.05, 0) is 53.4 Å². The number of aliphatic hydroxyl groups excluding tert-OH is 1. The molecule has 0 aromatic carbocycles. The van der Waals surface area contributed by atoms with Crippen LogP contribution in [0.2, 0.25) is 0 Å². The Morgan fingerprint density at radius 2 is 0.958 bits per heavy atom. The fourth-order valence-corrected chi connectivity index (χ4v) is 3.30. The Kier molecular flexibility index (Phi) is 8.63. The van der Waals surface area contributed by atoms with Crippen molar-refractivity contribution in [2.45, 2.75) is 117 Å². The smallest absolute Gasteiger partial charge is 0.163 e. The topological polar surface area (TPSA) is 57.2 Å². The summed E-state index contributed by atoms with van der Waals surface area (Å²) in [5, 5.41) is 8.96. The van der Waals surface area contributed by atoms with Gasteiger partial charge in [-0.3, -0.25) is 0 Å². The van der Waals surface area contributed by atoms with Crippen molar-refractivity contribution in [3.63, 3.8) is 0 Å². The number of rotatable bonds is 4. The second-order valence-corrected chi connectivity index (χ2v) is 7.64. The first-order valence-corrected chi connectivity index (χ1v) is 9.46. The first-order valence-electron chi connectivity index (χ1n) is 9.46. The average molecular weight is 347 g/mol. The molecular weight excluding hydrogens is 308 g/mol. The van der Waals surface area contributed by atoms with Gasteiger partial charge in [0.15, 0.2) is 11.6 Å². The minimum atomic E-state index is -0.535. The number of ether oxygens (including phenoxy) is 4. The fraction of sp³-hybridized carbons (Fsp3) is 1.00. The second-order valence-electron chi connectivity index (χ2n) is 7.64. The third-order valence-electron chi connectivity index (χ3n) is 4.42. The maximum Gasteiger partial charge on any atom is 0.163 e. The molecule has 2 fully saturated rings. The first kappa shape index (κ1) is 21.8. The molecule has 0 spiro atoms. The lowest BCUT2D eigenvalue weighted by Crippen LogP contribution is -2.45. The molecule has 0 aromatic heterocycles. The van der Waals surface area contributed by atoms with Crippen molar-refractivity contribution in [3.8, 4) is 0 Å². The Labute approximate surface area is 148 Å². The van der Waals surface area contributed by atoms with E-state index in [9.17, 15) is 0 Å². The van der Waals surface area contributed by atoms with E-state index >= 15 is 0 Å². The maximum atomic E-state index is 8.96. The van der Waals surface area contributed by atoms with Crippen molar-refractivity contribution in [2.75, 3.05) is 6.61 Å². The van der Waals surface area contributed by atoms with Crippen molar-refractivity contribution in [1.82, 2.24) is 0 Å². The SMILES string of the molecule is CCC1CC(CC)OC(C)(C)O1.CCC1CC(CO)OC(C)(C)O1. The summed E-state index contributed by atoms with van der Waals surface area (Å²) >= 11 is 0. The number of aliphatic hydroxyl groups is 1. The van der Waals surface area contributed by atoms with E-state index in [2.05, 4.69) is 20.8 Å². The number of hydrogen-bond acceptors (Lipinski definition) is 5. The largest absolute Gasteiger partial charge is 0.394 e. The Morgan fingerprint density at radius 1 is 0.667 bits per heavy atom. The van der Waals surface area contributed by atoms with E-state index in [1.807, 2.05) is 27.7 Å². The standard InChI is InChI=1S/C10H20O2.C9H18O3/c1-5-8-7-9(6-2)12-10(3,4)11-8;1-4-7-5-8(6-10)12-9(2,3)11-7/h8-9H,5-7H2,1-4H3;7-8,10H,4-6H2,1-3H3. The lowest BCUT2D eigenvalue weighted by Gasteiger charge is -2.40. The molecule has 0 aliphatic carbocycles. The lowest BCUT2D eigenvalue weighted by molar-refractivity contribution is -0.304. The summed E-state index contributed by atoms with van der Waals surface area (Å²) in [5.74, 6) is -0.911. The van der Waals surface area contributed by atoms with Gasteiger partial charge < -0.3 is 24.1 Å². The summed E-state index contributed by atoms with van der Waals surface area (Å²) in [5.41, 5.74) is 0. The summed E-state index contributed by atoms with van der Waals surface area (Å²) in [6.07, 6.45) is 5.95. The highest BCUT2D eigenvalue weighted by molar-refractivity contribution is 4.75. The molecule has 144 valence electrons. The summed E-state index contributed by atoms with van der Waals surface area (Å²) < 4.78 is 22.6. The minimum Gasteiger partial charge on any atom is -0.394 e. The molecule has 0 amide bonds. The third-order valence-corrected chi connectivity index (χ3v) is 4.42. The third kappa shape index (κ3) is 7.36. The summed E-state index contributed by atoms with van der Waals surface area (Å²) in [7, 11) is 0. The zero-order valence-corrected chi connectivity index (χ0v) is 16.6. The van der Waals surface area contributed by atoms with Crippen LogP contribution < -0.4 is 0 Å². The Bertz CT molecular complexity index is 294. The van der Waals surface area contributed by atoms with Crippen LogP contribution in [0.1, 0.15) is 80.6 Å². The van der Waals surface area contributed by atoms with Gasteiger partial charge in [0, 0.05) is 6.42 Å². The van der Waals surface area contributed by atoms with Gasteiger partial charge in [0.25, 0.3) is 0 Å². The van der Waals surface area contributed by atoms with Crippen LogP contribution in [0.5, 0.6) is 0 Å². The Morgan fingerprint density at radius 3 is 1.25 bits per heavy atom. The maximum absolute atomic E-state index is 8.96. The highest BCUT2D eigenvalue weighted by atomic mass is 16.7. The summed E-state index contributed by atoms with van der Waals surface area (Å²) in [4.78, 5) is 0. The molecule has 2 rings (SSSR count). The van der Waals surface area contributed by atoms with Crippen LogP contribution in [-0.2, 0) is 18.9 Å². The number of hydrogen-bond donors (Lipinski definition) is 1. The van der Waals surface area contributed by atoms with E-state index in [1.165, 1.54) is 0 Å². The monoisotopic (exact) mass is 346 g/mol. The molecule has 2 saturated heterocycles. The van der Waals surface area contributed by atoms with E-state index in [4.69, 9.17) is 24.1 Å². The molecule has 2 heterocycles. The van der Waals surface area contributed by atoms with Crippen molar-refractivity contribution in [2.24, 2.45) is 0 Å². The van der Waals surface area contributed by atoms with Gasteiger partial charge in [0.05, 0.1) is 31.0 Å². The zero-order chi connectivity index (χ0) is 18.4. The molecular formula is C19H38O5. The predicted molar refractivity (Wildman–Crippen MR) is 94.8 cm³/mol. The van der Waals surface area contributed by atoms with E-state index in [0.717, 1.165) is 32.1 Å². The van der Waals surface area contributed by atoms with E-state index in [-0.39, 0.29) is 24.6 Å². The van der Waals surface area contributed by atoms with Crippen LogP contribution >= 0.6 is 0 Å². The molecule has 5 heteroatoms. The summed E-state index contributed by atoms with van der Waals surface area (Å²) in [6.45, 7) is 14.3. The normalized spacial score (nSPS) is 35.0. The molecule has 4 atom stereocenters. The molecule has 0 aromatic rings. The van der Waals surface area contributed by atoms with Crippen LogP contribution in [0.15, 0.2) is 0 Å². The van der Waals surface area contributed by atoms with Gasteiger partial charge in [-0.1, -0.05) is 20.8 Å². The second kappa shape index (κ2) is 9.48. The molecule has 24 heavy (non-hydrogen) atoms. The average Bonchev–Trinajstić information content (AvgIpc) is 2.52. The van der Waals surface area contributed by atoms with Gasteiger partial charge in [0.1, 0.15) is 0 Å². The minimum absolute atomic E-state index is 0.0568. The van der Waals surface area contributed by atoms with Crippen molar-refractivity contribution in [1.29, 1.82) is 0 Å². The molecule has 0 radical (unpaired) electrons. The molecule has 5 nitrogen and oxygen atoms in total. The quantitative estimate of drug-likeness (QED) is 0.833. The van der Waals surface area contributed by atoms with E-state index in [0.29, 0.717) is 12.2 Å². The summed E-state index contributed by atoms with van der Waals surface area (Å²) in [6, 6.07) is 0. The van der Waals surface area contributed by atoms with Crippen molar-refractivity contribution >= 4 is 0 Å². The van der Waals surface area contributed by atoms with Gasteiger partial charge in [0.2, 0.25) is 0 Å². The zero-order valence-electron chi connectivity index (χ0n) is 16.6. The highest BCUT2D eigenvalue weighted by Gasteiger charge is 2.34. The van der Waals surface area contributed by atoms with Gasteiger partial charge in [-0.2, -0.15) is 0 Å². The fourth-order valence-electron chi connectivity index (χ4n) is 3.30. The van der Waals surface area contributed by atoms with Crippen LogP contribution in [0.3, 0.4) is 0 Å². The molecule has 0 bridgehead atoms. The van der Waals surface area contributed by atoms with E-state index < -0.39 is 5.79 Å². The molecule has 2 aliphatic rings. The lowest BCUT2D eigenvalue weighted by atomic mass is 10.0. The van der Waals surface area contributed by atoms with Gasteiger partial charge in [-0.25, -0.2) is 0 Å². The predicted octanol–water partition coefficient (Wildman–Crippen LogP) is 4.02. The van der Waals surface area contributed by atoms with Gasteiger partial charge >= 0.3 is 0 Å². The van der Waals surface area contributed by atoms with Crippen LogP contribution in [0.4, 0.5) is 0 Å². The molecule has 4 unspecified atom stereocenters. The van der Waals surface area contributed by atoms with Crippen LogP contribution in [0.25, 0.3) is 0 Å². The molecule has 0 saturated carbocycles.